The maximum Gasteiger partial charge on any atom is 0.164 e. The van der Waals surface area contributed by atoms with Crippen LogP contribution in [0.25, 0.3) is 135 Å². The molecule has 30 rings (SSSR count). The van der Waals surface area contributed by atoms with E-state index in [1.165, 1.54) is 175 Å². The number of hydrogen-bond acceptors (Lipinski definition) is 20. The lowest BCUT2D eigenvalue weighted by Crippen LogP contribution is -2.47. The van der Waals surface area contributed by atoms with Gasteiger partial charge in [-0.1, -0.05) is 63.6 Å². The molecule has 14 aliphatic rings. The molecule has 4 aromatic carbocycles. The normalized spacial score (nSPS) is 24.7. The van der Waals surface area contributed by atoms with E-state index < -0.39 is 29.1 Å². The van der Waals surface area contributed by atoms with Gasteiger partial charge in [0.1, 0.15) is 74.9 Å². The number of hydrogen-bond donors (Lipinski definition) is 8. The second-order valence-electron chi connectivity index (χ2n) is 41.9. The van der Waals surface area contributed by atoms with Crippen molar-refractivity contribution in [3.8, 4) is 90.6 Å². The van der Waals surface area contributed by atoms with E-state index >= 15 is 0 Å². The van der Waals surface area contributed by atoms with Crippen LogP contribution >= 0.6 is 11.6 Å². The number of aromatic amines is 4. The third kappa shape index (κ3) is 19.7. The summed E-state index contributed by atoms with van der Waals surface area (Å²) in [4.78, 5) is 75.1. The Bertz CT molecular complexity index is 7390. The molecule has 14 heterocycles. The van der Waals surface area contributed by atoms with E-state index in [-0.39, 0.29) is 22.7 Å². The summed E-state index contributed by atoms with van der Waals surface area (Å²) >= 11 is 6.39. The molecule has 8 bridgehead atoms. The average molecular weight is 1980 g/mol. The molecule has 12 aliphatic carbocycles. The fourth-order valence-corrected chi connectivity index (χ4v) is 25.7. The fourth-order valence-electron chi connectivity index (χ4n) is 25.4. The minimum atomic E-state index is -0.941. The van der Waals surface area contributed by atoms with Gasteiger partial charge in [-0.15, -0.1) is 0 Å². The van der Waals surface area contributed by atoms with Crippen LogP contribution in [0.5, 0.6) is 0 Å². The van der Waals surface area contributed by atoms with Crippen molar-refractivity contribution < 1.29 is 35.5 Å². The third-order valence-electron chi connectivity index (χ3n) is 33.6. The first-order valence-electron chi connectivity index (χ1n) is 51.6. The lowest BCUT2D eigenvalue weighted by Gasteiger charge is -2.47. The molecule has 2 saturated heterocycles. The Balaban J connectivity index is 0.000000107. The summed E-state index contributed by atoms with van der Waals surface area (Å²) in [5, 5.41) is 17.8. The van der Waals surface area contributed by atoms with E-state index in [1.54, 1.807) is 24.5 Å². The molecule has 2 aliphatic heterocycles. The minimum Gasteiger partial charge on any atom is -0.378 e. The van der Waals surface area contributed by atoms with Crippen LogP contribution < -0.4 is 31.1 Å². The van der Waals surface area contributed by atoms with Gasteiger partial charge < -0.3 is 60.6 Å². The first-order chi connectivity index (χ1) is 70.5. The standard InChI is InChI=1S/C31H36FN7.C30H33FN6O.C26H24ClF2N5.C26H24F3N5/c1-19-20-3-5-22(6-4-20)29(19)36-28-16-27(21-7-9-24(10-8-21)39-13-11-38(2)12-14-39)35-31(37-28)26-18-34-30-25(26)15-23(32)17-33-30;1-18-19-2-4-21(5-3-19)28(18)35-27-15-26(20-6-8-23(9-7-20)37-10-12-38-13-11-37)34-30(36-27)25-17-33-29-24(25)14-22(31)16-32-29;1-13-14-2-4-15(5-3-14)24(13)33-23-10-22(18-7-6-16(28)9-21(18)27)32-26(34-23)20-12-31-25-19(20)8-17(29)11-30-25;1-13-14-2-4-15(5-3-14)24(13)33-23-10-22(16-6-7-20(28)21(29)8-16)32-26(34-23)19-12-31-25-18(19)9-17(27)11-30-25/h7-10,15-20,22,29H,3-6,11-14H2,1-2H3,(H,33,34)(H,35,36,37);6-9,14-19,21,28H,2-5,10-13H2,1H3,(H,32,33)(H,34,35,36);2*6-15,24H,2-5H2,1H3,(H,30,31)(H,32,33,34). The summed E-state index contributed by atoms with van der Waals surface area (Å²) in [6, 6.07) is 40.3. The van der Waals surface area contributed by atoms with Crippen molar-refractivity contribution in [3.05, 3.63) is 229 Å². The number of fused-ring (bicyclic) bond motifs is 16. The molecular formula is C113H117ClF7N23O. The number of rotatable bonds is 18. The molecule has 746 valence electrons. The van der Waals surface area contributed by atoms with Gasteiger partial charge in [0.05, 0.1) is 65.8 Å². The molecule has 8 N–H and O–H groups in total. The number of halogens is 8. The topological polar surface area (TPSA) is 285 Å². The number of nitrogens with one attached hydrogen (secondary N) is 8. The molecule has 12 aromatic heterocycles. The van der Waals surface area contributed by atoms with Crippen molar-refractivity contribution in [2.75, 3.05) is 90.6 Å². The van der Waals surface area contributed by atoms with Gasteiger partial charge in [0.25, 0.3) is 0 Å². The number of H-pyrrole nitrogens is 4. The zero-order chi connectivity index (χ0) is 98.9. The molecule has 145 heavy (non-hydrogen) atoms. The summed E-state index contributed by atoms with van der Waals surface area (Å²) in [5.74, 6) is 8.84. The molecule has 16 aromatic rings. The van der Waals surface area contributed by atoms with Crippen molar-refractivity contribution in [3.63, 3.8) is 0 Å². The predicted molar refractivity (Wildman–Crippen MR) is 556 cm³/mol. The van der Waals surface area contributed by atoms with Crippen molar-refractivity contribution in [2.45, 2.75) is 155 Å². The van der Waals surface area contributed by atoms with Gasteiger partial charge >= 0.3 is 0 Å². The van der Waals surface area contributed by atoms with E-state index in [0.717, 1.165) is 134 Å². The number of pyridine rings is 4. The van der Waals surface area contributed by atoms with Crippen LogP contribution in [0.2, 0.25) is 5.02 Å². The highest BCUT2D eigenvalue weighted by molar-refractivity contribution is 6.33. The van der Waals surface area contributed by atoms with Gasteiger partial charge in [0, 0.05) is 190 Å². The number of benzene rings is 4. The number of aromatic nitrogens is 16. The van der Waals surface area contributed by atoms with Crippen LogP contribution in [0, 0.1) is 112 Å². The Morgan fingerprint density at radius 1 is 0.303 bits per heavy atom. The largest absolute Gasteiger partial charge is 0.378 e. The Morgan fingerprint density at radius 3 is 0.931 bits per heavy atom. The number of nitrogens with zero attached hydrogens (tertiary/aromatic N) is 15. The zero-order valence-corrected chi connectivity index (χ0v) is 82.4. The Hall–Kier alpha value is -13.5. The fraction of sp³-hybridized carbons (Fsp3) is 0.398. The molecule has 8 atom stereocenters. The molecule has 12 saturated carbocycles. The van der Waals surface area contributed by atoms with Gasteiger partial charge in [-0.25, -0.2) is 90.5 Å². The number of ether oxygens (including phenoxy) is 1. The Labute approximate surface area is 841 Å². The van der Waals surface area contributed by atoms with Crippen molar-refractivity contribution in [2.24, 2.45) is 71.0 Å². The zero-order valence-electron chi connectivity index (χ0n) is 81.7. The summed E-state index contributed by atoms with van der Waals surface area (Å²) in [7, 11) is 2.18. The van der Waals surface area contributed by atoms with Crippen LogP contribution in [0.3, 0.4) is 0 Å². The van der Waals surface area contributed by atoms with E-state index in [1.807, 2.05) is 18.5 Å². The number of anilines is 6. The van der Waals surface area contributed by atoms with Crippen molar-refractivity contribution >= 4 is 90.4 Å². The van der Waals surface area contributed by atoms with E-state index in [2.05, 4.69) is 176 Å². The molecule has 0 radical (unpaired) electrons. The third-order valence-corrected chi connectivity index (χ3v) is 34.0. The summed E-state index contributed by atoms with van der Waals surface area (Å²) in [6.45, 7) is 16.9. The highest BCUT2D eigenvalue weighted by atomic mass is 35.5. The molecular weight excluding hydrogens is 1860 g/mol. The Kier molecular flexibility index (Phi) is 26.5. The molecule has 24 nitrogen and oxygen atoms in total. The molecule has 0 amide bonds. The minimum absolute atomic E-state index is 0.271. The highest BCUT2D eigenvalue weighted by Crippen LogP contribution is 2.52. The van der Waals surface area contributed by atoms with E-state index in [0.29, 0.717) is 184 Å². The Morgan fingerprint density at radius 2 is 0.607 bits per heavy atom. The molecule has 32 heteroatoms. The van der Waals surface area contributed by atoms with Gasteiger partial charge in [-0.05, 0) is 266 Å². The number of likely N-dealkylation sites (N-methyl/N-ethyl adjacent to an activating group) is 1. The van der Waals surface area contributed by atoms with Gasteiger partial charge in [0.15, 0.2) is 34.9 Å². The lowest BCUT2D eigenvalue weighted by molar-refractivity contribution is 0.0928. The lowest BCUT2D eigenvalue weighted by atomic mass is 9.62. The maximum absolute atomic E-state index is 14.1. The second kappa shape index (κ2) is 40.5. The smallest absolute Gasteiger partial charge is 0.164 e. The van der Waals surface area contributed by atoms with Gasteiger partial charge in [-0.3, -0.25) is 0 Å². The van der Waals surface area contributed by atoms with E-state index in [9.17, 15) is 30.7 Å². The summed E-state index contributed by atoms with van der Waals surface area (Å²) < 4.78 is 103. The highest BCUT2D eigenvalue weighted by Gasteiger charge is 2.46. The van der Waals surface area contributed by atoms with Crippen LogP contribution in [0.4, 0.5) is 65.4 Å². The van der Waals surface area contributed by atoms with E-state index in [4.69, 9.17) is 51.2 Å². The first kappa shape index (κ1) is 95.0. The molecule has 8 unspecified atom stereocenters. The second-order valence-corrected chi connectivity index (χ2v) is 42.3. The molecule has 0 spiro atoms. The maximum atomic E-state index is 14.1. The SMILES string of the molecule is CC1C2CCC(CC2)C1Nc1cc(-c2ccc(F)c(F)c2)nc(-c2c[nH]c3ncc(F)cc23)n1.CC1C2CCC(CC2)C1Nc1cc(-c2ccc(F)cc2Cl)nc(-c2c[nH]c3ncc(F)cc23)n1.CC1C2CCC(CC2)C1Nc1cc(-c2ccc(N3CCN(C)CC3)cc2)nc(-c2c[nH]c3ncc(F)cc23)n1.CC1C2CCC(CC2)C1Nc1cc(-c2ccc(N3CCOCC3)cc2)nc(-c2c[nH]c3ncc(F)cc23)n1. The predicted octanol–water partition coefficient (Wildman–Crippen LogP) is 24.9. The van der Waals surface area contributed by atoms with Gasteiger partial charge in [0.2, 0.25) is 0 Å². The van der Waals surface area contributed by atoms with Gasteiger partial charge in [-0.2, -0.15) is 0 Å². The average Bonchev–Trinajstić information content (AvgIpc) is 1.39. The molecule has 14 fully saturated rings. The first-order valence-corrected chi connectivity index (χ1v) is 52.0. The van der Waals surface area contributed by atoms with Crippen LogP contribution in [-0.2, 0) is 4.74 Å². The van der Waals surface area contributed by atoms with Crippen LogP contribution in [0.1, 0.15) is 130 Å². The quantitative estimate of drug-likeness (QED) is 0.0371. The van der Waals surface area contributed by atoms with Crippen LogP contribution in [0.15, 0.2) is 183 Å². The number of morpholine rings is 1. The van der Waals surface area contributed by atoms with Crippen molar-refractivity contribution in [1.29, 1.82) is 0 Å². The summed E-state index contributed by atoms with van der Waals surface area (Å²) in [6.07, 6.45) is 32.4. The summed E-state index contributed by atoms with van der Waals surface area (Å²) in [5.41, 5.74) is 13.3. The van der Waals surface area contributed by atoms with Crippen LogP contribution in [-0.4, -0.2) is 168 Å². The van der Waals surface area contributed by atoms with Crippen molar-refractivity contribution in [1.82, 2.24) is 84.6 Å². The monoisotopic (exact) mass is 1980 g/mol. The number of piperazine rings is 1.